The van der Waals surface area contributed by atoms with Crippen LogP contribution in [0.1, 0.15) is 42.5 Å². The Morgan fingerprint density at radius 1 is 1.29 bits per heavy atom. The number of hydrogen-bond donors (Lipinski definition) is 2. The molecule has 1 aromatic carbocycles. The zero-order chi connectivity index (χ0) is 15.4. The van der Waals surface area contributed by atoms with E-state index in [-0.39, 0.29) is 5.92 Å². The van der Waals surface area contributed by atoms with E-state index in [1.807, 2.05) is 22.6 Å². The van der Waals surface area contributed by atoms with Gasteiger partial charge in [-0.1, -0.05) is 19.3 Å². The van der Waals surface area contributed by atoms with Crippen LogP contribution in [0, 0.1) is 15.3 Å². The summed E-state index contributed by atoms with van der Waals surface area (Å²) in [5, 5.41) is 12.0. The molecule has 1 amide bonds. The molecule has 1 atom stereocenters. The molecule has 6 heteroatoms. The lowest BCUT2D eigenvalue weighted by molar-refractivity contribution is -0.141. The van der Waals surface area contributed by atoms with Gasteiger partial charge in [-0.2, -0.15) is 0 Å². The van der Waals surface area contributed by atoms with E-state index in [2.05, 4.69) is 5.32 Å². The van der Waals surface area contributed by atoms with E-state index in [1.54, 1.807) is 0 Å². The molecule has 1 aliphatic carbocycles. The van der Waals surface area contributed by atoms with E-state index >= 15 is 0 Å². The molecule has 1 fully saturated rings. The third kappa shape index (κ3) is 4.15. The Balaban J connectivity index is 2.12. The smallest absolute Gasteiger partial charge is 0.326 e. The zero-order valence-electron chi connectivity index (χ0n) is 11.4. The molecule has 1 aromatic rings. The minimum atomic E-state index is -1.01. The lowest BCUT2D eigenvalue weighted by Crippen LogP contribution is -2.46. The van der Waals surface area contributed by atoms with Gasteiger partial charge in [-0.3, -0.25) is 4.79 Å². The topological polar surface area (TPSA) is 66.4 Å². The molecule has 0 bridgehead atoms. The molecule has 0 heterocycles. The van der Waals surface area contributed by atoms with Gasteiger partial charge in [0.15, 0.2) is 0 Å². The first kappa shape index (κ1) is 16.2. The monoisotopic (exact) mass is 405 g/mol. The molecular weight excluding hydrogens is 388 g/mol. The summed E-state index contributed by atoms with van der Waals surface area (Å²) in [5.41, 5.74) is 0.305. The Hall–Kier alpha value is -1.18. The van der Waals surface area contributed by atoms with Gasteiger partial charge in [0.2, 0.25) is 0 Å². The van der Waals surface area contributed by atoms with Crippen molar-refractivity contribution in [2.45, 2.75) is 38.1 Å². The van der Waals surface area contributed by atoms with Gasteiger partial charge in [0.1, 0.15) is 11.9 Å². The van der Waals surface area contributed by atoms with Gasteiger partial charge < -0.3 is 10.4 Å². The molecule has 0 aliphatic heterocycles. The second-order valence-electron chi connectivity index (χ2n) is 5.31. The first-order valence-electron chi connectivity index (χ1n) is 6.98. The predicted molar refractivity (Wildman–Crippen MR) is 84.6 cm³/mol. The normalized spacial score (nSPS) is 17.2. The van der Waals surface area contributed by atoms with Crippen molar-refractivity contribution in [2.24, 2.45) is 5.92 Å². The number of rotatable bonds is 4. The molecule has 2 N–H and O–H groups in total. The summed E-state index contributed by atoms with van der Waals surface area (Å²) < 4.78 is 13.5. The van der Waals surface area contributed by atoms with E-state index in [0.717, 1.165) is 32.1 Å². The van der Waals surface area contributed by atoms with Gasteiger partial charge >= 0.3 is 5.97 Å². The van der Waals surface area contributed by atoms with Crippen molar-refractivity contribution >= 4 is 34.5 Å². The summed E-state index contributed by atoms with van der Waals surface area (Å²) in [7, 11) is 0. The standard InChI is InChI=1S/C15H17FINO3/c16-10-6-7-11(12(17)8-10)14(19)18-13(15(20)21)9-4-2-1-3-5-9/h6-9,13H,1-5H2,(H,18,19)(H,20,21). The highest BCUT2D eigenvalue weighted by Gasteiger charge is 2.31. The second-order valence-corrected chi connectivity index (χ2v) is 6.47. The van der Waals surface area contributed by atoms with Crippen LogP contribution in [0.15, 0.2) is 18.2 Å². The summed E-state index contributed by atoms with van der Waals surface area (Å²) in [6, 6.07) is 2.96. The summed E-state index contributed by atoms with van der Waals surface area (Å²) in [6.07, 6.45) is 4.75. The molecule has 21 heavy (non-hydrogen) atoms. The lowest BCUT2D eigenvalue weighted by Gasteiger charge is -2.28. The molecule has 2 rings (SSSR count). The lowest BCUT2D eigenvalue weighted by atomic mass is 9.84. The maximum absolute atomic E-state index is 13.1. The fourth-order valence-electron chi connectivity index (χ4n) is 2.74. The fourth-order valence-corrected chi connectivity index (χ4v) is 3.46. The number of halogens is 2. The van der Waals surface area contributed by atoms with Crippen LogP contribution < -0.4 is 5.32 Å². The first-order chi connectivity index (χ1) is 9.99. The highest BCUT2D eigenvalue weighted by atomic mass is 127. The van der Waals surface area contributed by atoms with Crippen LogP contribution in [-0.4, -0.2) is 23.0 Å². The summed E-state index contributed by atoms with van der Waals surface area (Å²) in [6.45, 7) is 0. The van der Waals surface area contributed by atoms with Gasteiger partial charge in [-0.15, -0.1) is 0 Å². The fraction of sp³-hybridized carbons (Fsp3) is 0.467. The SMILES string of the molecule is O=C(NC(C(=O)O)C1CCCCC1)c1ccc(F)cc1I. The van der Waals surface area contributed by atoms with Crippen LogP contribution in [0.5, 0.6) is 0 Å². The molecule has 1 saturated carbocycles. The van der Waals surface area contributed by atoms with Crippen LogP contribution in [0.25, 0.3) is 0 Å². The number of carbonyl (C=O) groups excluding carboxylic acids is 1. The number of carbonyl (C=O) groups is 2. The van der Waals surface area contributed by atoms with Crippen LogP contribution in [0.2, 0.25) is 0 Å². The van der Waals surface area contributed by atoms with Gasteiger partial charge in [0.25, 0.3) is 5.91 Å². The van der Waals surface area contributed by atoms with Crippen molar-refractivity contribution in [1.29, 1.82) is 0 Å². The van der Waals surface area contributed by atoms with Gasteiger partial charge in [0, 0.05) is 3.57 Å². The quantitative estimate of drug-likeness (QED) is 0.757. The summed E-state index contributed by atoms with van der Waals surface area (Å²) in [4.78, 5) is 23.7. The number of hydrogen-bond acceptors (Lipinski definition) is 2. The Morgan fingerprint density at radius 2 is 1.95 bits per heavy atom. The minimum absolute atomic E-state index is 0.0293. The third-order valence-electron chi connectivity index (χ3n) is 3.85. The van der Waals surface area contributed by atoms with Crippen LogP contribution in [0.4, 0.5) is 4.39 Å². The van der Waals surface area contributed by atoms with Crippen LogP contribution in [-0.2, 0) is 4.79 Å². The average molecular weight is 405 g/mol. The van der Waals surface area contributed by atoms with Crippen molar-refractivity contribution in [2.75, 3.05) is 0 Å². The molecule has 0 saturated heterocycles. The van der Waals surface area contributed by atoms with Gasteiger partial charge in [-0.25, -0.2) is 9.18 Å². The van der Waals surface area contributed by atoms with E-state index < -0.39 is 23.7 Å². The van der Waals surface area contributed by atoms with Gasteiger partial charge in [-0.05, 0) is 59.5 Å². The highest BCUT2D eigenvalue weighted by molar-refractivity contribution is 14.1. The van der Waals surface area contributed by atoms with E-state index in [4.69, 9.17) is 0 Å². The number of carboxylic acid groups (broad SMARTS) is 1. The second kappa shape index (κ2) is 7.20. The minimum Gasteiger partial charge on any atom is -0.480 e. The third-order valence-corrected chi connectivity index (χ3v) is 4.74. The number of benzene rings is 1. The van der Waals surface area contributed by atoms with Crippen molar-refractivity contribution < 1.29 is 19.1 Å². The van der Waals surface area contributed by atoms with E-state index in [0.29, 0.717) is 9.13 Å². The number of carboxylic acids is 1. The molecule has 0 spiro atoms. The maximum atomic E-state index is 13.1. The molecule has 1 unspecified atom stereocenters. The molecule has 4 nitrogen and oxygen atoms in total. The summed E-state index contributed by atoms with van der Waals surface area (Å²) >= 11 is 1.87. The average Bonchev–Trinajstić information content (AvgIpc) is 2.45. The van der Waals surface area contributed by atoms with E-state index in [1.165, 1.54) is 18.2 Å². The van der Waals surface area contributed by atoms with Crippen molar-refractivity contribution in [3.63, 3.8) is 0 Å². The molecule has 1 aliphatic rings. The first-order valence-corrected chi connectivity index (χ1v) is 8.05. The Morgan fingerprint density at radius 3 is 2.52 bits per heavy atom. The van der Waals surface area contributed by atoms with Crippen molar-refractivity contribution in [1.82, 2.24) is 5.32 Å². The van der Waals surface area contributed by atoms with E-state index in [9.17, 15) is 19.1 Å². The molecule has 114 valence electrons. The zero-order valence-corrected chi connectivity index (χ0v) is 13.6. The predicted octanol–water partition coefficient (Wildman–Crippen LogP) is 3.19. The largest absolute Gasteiger partial charge is 0.480 e. The molecular formula is C15H17FINO3. The Kier molecular flexibility index (Phi) is 5.55. The highest BCUT2D eigenvalue weighted by Crippen LogP contribution is 2.27. The van der Waals surface area contributed by atoms with Crippen LogP contribution >= 0.6 is 22.6 Å². The maximum Gasteiger partial charge on any atom is 0.326 e. The summed E-state index contributed by atoms with van der Waals surface area (Å²) in [5.74, 6) is -1.92. The van der Waals surface area contributed by atoms with Crippen LogP contribution in [0.3, 0.4) is 0 Å². The Bertz CT molecular complexity index is 544. The number of aliphatic carboxylic acids is 1. The van der Waals surface area contributed by atoms with Crippen molar-refractivity contribution in [3.8, 4) is 0 Å². The molecule has 0 aromatic heterocycles. The molecule has 0 radical (unpaired) electrons. The number of nitrogens with one attached hydrogen (secondary N) is 1. The van der Waals surface area contributed by atoms with Gasteiger partial charge in [0.05, 0.1) is 5.56 Å². The number of amides is 1. The van der Waals surface area contributed by atoms with Crippen molar-refractivity contribution in [3.05, 3.63) is 33.1 Å². The Labute approximate surface area is 136 Å².